The Kier molecular flexibility index (Phi) is 4.82. The second-order valence-corrected chi connectivity index (χ2v) is 5.53. The van der Waals surface area contributed by atoms with Gasteiger partial charge in [-0.15, -0.1) is 0 Å². The lowest BCUT2D eigenvalue weighted by atomic mass is 10.0. The van der Waals surface area contributed by atoms with Crippen LogP contribution in [-0.2, 0) is 4.79 Å². The fourth-order valence-corrected chi connectivity index (χ4v) is 2.30. The normalized spacial score (nSPS) is 10.7. The van der Waals surface area contributed by atoms with E-state index in [9.17, 15) is 4.79 Å². The number of rotatable bonds is 4. The van der Waals surface area contributed by atoms with E-state index in [1.54, 1.807) is 18.3 Å². The molecule has 0 spiro atoms. The zero-order chi connectivity index (χ0) is 16.8. The number of nitrogens with one attached hydrogen (secondary N) is 1. The minimum Gasteiger partial charge on any atom is -0.307 e. The van der Waals surface area contributed by atoms with Crippen LogP contribution in [0.4, 0.5) is 5.82 Å². The molecule has 0 atom stereocenters. The predicted molar refractivity (Wildman–Crippen MR) is 98.5 cm³/mol. The van der Waals surface area contributed by atoms with Crippen molar-refractivity contribution in [2.24, 2.45) is 0 Å². The highest BCUT2D eigenvalue weighted by molar-refractivity contribution is 6.01. The summed E-state index contributed by atoms with van der Waals surface area (Å²) in [6.07, 6.45) is 5.03. The van der Waals surface area contributed by atoms with Crippen molar-refractivity contribution in [3.8, 4) is 11.1 Å². The first-order valence-corrected chi connectivity index (χ1v) is 7.78. The Balaban J connectivity index is 1.64. The summed E-state index contributed by atoms with van der Waals surface area (Å²) in [7, 11) is 0. The average Bonchev–Trinajstić information content (AvgIpc) is 2.63. The summed E-state index contributed by atoms with van der Waals surface area (Å²) in [5.41, 5.74) is 4.36. The van der Waals surface area contributed by atoms with Gasteiger partial charge < -0.3 is 5.32 Å². The van der Waals surface area contributed by atoms with Crippen LogP contribution < -0.4 is 5.32 Å². The lowest BCUT2D eigenvalue weighted by molar-refractivity contribution is -0.111. The lowest BCUT2D eigenvalue weighted by Crippen LogP contribution is -2.08. The Labute approximate surface area is 141 Å². The molecule has 118 valence electrons. The number of hydrogen-bond acceptors (Lipinski definition) is 2. The van der Waals surface area contributed by atoms with Gasteiger partial charge in [0.15, 0.2) is 0 Å². The monoisotopic (exact) mass is 314 g/mol. The number of aromatic nitrogens is 1. The van der Waals surface area contributed by atoms with Crippen LogP contribution in [0, 0.1) is 6.92 Å². The zero-order valence-corrected chi connectivity index (χ0v) is 13.4. The Morgan fingerprint density at radius 1 is 0.917 bits per heavy atom. The molecule has 1 amide bonds. The maximum Gasteiger partial charge on any atom is 0.249 e. The van der Waals surface area contributed by atoms with E-state index in [1.165, 1.54) is 11.6 Å². The molecule has 3 aromatic rings. The molecule has 1 heterocycles. The number of hydrogen-bond donors (Lipinski definition) is 1. The van der Waals surface area contributed by atoms with Gasteiger partial charge >= 0.3 is 0 Å². The van der Waals surface area contributed by atoms with Gasteiger partial charge in [-0.3, -0.25) is 4.79 Å². The molecular weight excluding hydrogens is 296 g/mol. The van der Waals surface area contributed by atoms with Crippen LogP contribution in [0.15, 0.2) is 79.0 Å². The van der Waals surface area contributed by atoms with Crippen molar-refractivity contribution in [1.29, 1.82) is 0 Å². The highest BCUT2D eigenvalue weighted by Gasteiger charge is 1.99. The molecule has 0 aliphatic heterocycles. The molecule has 0 saturated heterocycles. The second-order valence-electron chi connectivity index (χ2n) is 5.53. The van der Waals surface area contributed by atoms with Gasteiger partial charge in [-0.05, 0) is 41.3 Å². The summed E-state index contributed by atoms with van der Waals surface area (Å²) in [5, 5.41) is 2.74. The van der Waals surface area contributed by atoms with Crippen LogP contribution in [-0.4, -0.2) is 10.9 Å². The Bertz CT molecular complexity index is 835. The number of amides is 1. The number of benzene rings is 2. The van der Waals surface area contributed by atoms with Crippen LogP contribution in [0.3, 0.4) is 0 Å². The van der Waals surface area contributed by atoms with E-state index in [0.717, 1.165) is 16.7 Å². The molecular formula is C21H18N2O. The fourth-order valence-electron chi connectivity index (χ4n) is 2.30. The Morgan fingerprint density at radius 2 is 1.62 bits per heavy atom. The molecule has 0 aliphatic rings. The number of carbonyl (C=O) groups is 1. The Morgan fingerprint density at radius 3 is 2.29 bits per heavy atom. The van der Waals surface area contributed by atoms with Crippen molar-refractivity contribution in [2.45, 2.75) is 6.92 Å². The van der Waals surface area contributed by atoms with Crippen molar-refractivity contribution in [3.63, 3.8) is 0 Å². The summed E-state index contributed by atoms with van der Waals surface area (Å²) < 4.78 is 0. The van der Waals surface area contributed by atoms with Gasteiger partial charge in [-0.2, -0.15) is 0 Å². The minimum absolute atomic E-state index is 0.196. The molecule has 0 saturated carbocycles. The first-order chi connectivity index (χ1) is 11.7. The molecule has 3 rings (SSSR count). The standard InChI is InChI=1S/C21H18N2O/c1-16-7-13-20(22-15-16)23-21(24)14-10-17-8-11-19(12-9-17)18-5-3-2-4-6-18/h2-15H,1H3,(H,22,23,24)/b14-10+. The number of nitrogens with zero attached hydrogens (tertiary/aromatic N) is 1. The maximum atomic E-state index is 11.9. The van der Waals surface area contributed by atoms with Gasteiger partial charge in [0.1, 0.15) is 5.82 Å². The highest BCUT2D eigenvalue weighted by Crippen LogP contribution is 2.19. The van der Waals surface area contributed by atoms with E-state index < -0.39 is 0 Å². The van der Waals surface area contributed by atoms with Crippen molar-refractivity contribution in [1.82, 2.24) is 4.98 Å². The smallest absolute Gasteiger partial charge is 0.249 e. The fraction of sp³-hybridized carbons (Fsp3) is 0.0476. The Hall–Kier alpha value is -3.20. The number of aryl methyl sites for hydroxylation is 1. The van der Waals surface area contributed by atoms with E-state index in [2.05, 4.69) is 34.6 Å². The molecule has 24 heavy (non-hydrogen) atoms. The van der Waals surface area contributed by atoms with E-state index in [0.29, 0.717) is 5.82 Å². The van der Waals surface area contributed by atoms with E-state index in [-0.39, 0.29) is 5.91 Å². The number of pyridine rings is 1. The molecule has 1 aromatic heterocycles. The van der Waals surface area contributed by atoms with Gasteiger partial charge in [0, 0.05) is 12.3 Å². The molecule has 0 unspecified atom stereocenters. The van der Waals surface area contributed by atoms with Crippen molar-refractivity contribution < 1.29 is 4.79 Å². The highest BCUT2D eigenvalue weighted by atomic mass is 16.1. The molecule has 0 aliphatic carbocycles. The van der Waals surface area contributed by atoms with Crippen molar-refractivity contribution in [3.05, 3.63) is 90.1 Å². The third-order valence-electron chi connectivity index (χ3n) is 3.61. The average molecular weight is 314 g/mol. The summed E-state index contributed by atoms with van der Waals surface area (Å²) >= 11 is 0. The van der Waals surface area contributed by atoms with Crippen LogP contribution in [0.1, 0.15) is 11.1 Å². The first kappa shape index (κ1) is 15.7. The van der Waals surface area contributed by atoms with Gasteiger partial charge in [-0.25, -0.2) is 4.98 Å². The molecule has 2 aromatic carbocycles. The molecule has 3 nitrogen and oxygen atoms in total. The summed E-state index contributed by atoms with van der Waals surface area (Å²) in [6, 6.07) is 22.0. The van der Waals surface area contributed by atoms with Crippen LogP contribution >= 0.6 is 0 Å². The van der Waals surface area contributed by atoms with Crippen LogP contribution in [0.5, 0.6) is 0 Å². The first-order valence-electron chi connectivity index (χ1n) is 7.78. The van der Waals surface area contributed by atoms with Gasteiger partial charge in [-0.1, -0.05) is 60.7 Å². The second kappa shape index (κ2) is 7.38. The van der Waals surface area contributed by atoms with Gasteiger partial charge in [0.2, 0.25) is 5.91 Å². The summed E-state index contributed by atoms with van der Waals surface area (Å²) in [4.78, 5) is 16.1. The quantitative estimate of drug-likeness (QED) is 0.709. The predicted octanol–water partition coefficient (Wildman–Crippen LogP) is 4.71. The molecule has 0 fully saturated rings. The van der Waals surface area contributed by atoms with Crippen molar-refractivity contribution in [2.75, 3.05) is 5.32 Å². The third-order valence-corrected chi connectivity index (χ3v) is 3.61. The lowest BCUT2D eigenvalue weighted by Gasteiger charge is -2.02. The van der Waals surface area contributed by atoms with E-state index in [4.69, 9.17) is 0 Å². The number of carbonyl (C=O) groups excluding carboxylic acids is 1. The number of anilines is 1. The summed E-state index contributed by atoms with van der Waals surface area (Å²) in [5.74, 6) is 0.355. The molecule has 1 N–H and O–H groups in total. The maximum absolute atomic E-state index is 11.9. The molecule has 3 heteroatoms. The van der Waals surface area contributed by atoms with E-state index >= 15 is 0 Å². The minimum atomic E-state index is -0.196. The van der Waals surface area contributed by atoms with Gasteiger partial charge in [0.05, 0.1) is 0 Å². The molecule has 0 radical (unpaired) electrons. The largest absolute Gasteiger partial charge is 0.307 e. The topological polar surface area (TPSA) is 42.0 Å². The summed E-state index contributed by atoms with van der Waals surface area (Å²) in [6.45, 7) is 1.96. The third kappa shape index (κ3) is 4.17. The van der Waals surface area contributed by atoms with Crippen molar-refractivity contribution >= 4 is 17.8 Å². The molecule has 0 bridgehead atoms. The zero-order valence-electron chi connectivity index (χ0n) is 13.4. The van der Waals surface area contributed by atoms with Crippen LogP contribution in [0.25, 0.3) is 17.2 Å². The van der Waals surface area contributed by atoms with Crippen LogP contribution in [0.2, 0.25) is 0 Å². The SMILES string of the molecule is Cc1ccc(NC(=O)/C=C/c2ccc(-c3ccccc3)cc2)nc1. The van der Waals surface area contributed by atoms with E-state index in [1.807, 2.05) is 43.3 Å². The van der Waals surface area contributed by atoms with Gasteiger partial charge in [0.25, 0.3) is 0 Å².